The van der Waals surface area contributed by atoms with Gasteiger partial charge in [0.05, 0.1) is 11.7 Å². The third-order valence-corrected chi connectivity index (χ3v) is 2.47. The fraction of sp³-hybridized carbons (Fsp3) is 0.417. The Balaban J connectivity index is 2.72. The molecule has 0 aromatic heterocycles. The zero-order chi connectivity index (χ0) is 13.7. The number of anilines is 1. The van der Waals surface area contributed by atoms with Crippen molar-refractivity contribution in [1.82, 2.24) is 0 Å². The van der Waals surface area contributed by atoms with E-state index in [1.165, 1.54) is 0 Å². The molecule has 1 unspecified atom stereocenters. The topological polar surface area (TPSA) is 55.1 Å². The molecule has 6 heteroatoms. The van der Waals surface area contributed by atoms with Gasteiger partial charge in [-0.15, -0.1) is 0 Å². The highest BCUT2D eigenvalue weighted by Gasteiger charge is 2.16. The molecular weight excluding hydrogens is 245 g/mol. The van der Waals surface area contributed by atoms with Crippen LogP contribution < -0.4 is 11.1 Å². The predicted molar refractivity (Wildman–Crippen MR) is 62.4 cm³/mol. The normalized spacial score (nSPS) is 12.3. The van der Waals surface area contributed by atoms with Crippen LogP contribution in [0.4, 0.5) is 18.9 Å². The number of benzene rings is 1. The van der Waals surface area contributed by atoms with Crippen LogP contribution >= 0.6 is 0 Å². The summed E-state index contributed by atoms with van der Waals surface area (Å²) in [4.78, 5) is 11.5. The number of carbonyl (C=O) groups excluding carboxylic acids is 1. The van der Waals surface area contributed by atoms with Gasteiger partial charge in [-0.3, -0.25) is 4.79 Å². The first-order valence-corrected chi connectivity index (χ1v) is 5.66. The second-order valence-electron chi connectivity index (χ2n) is 3.98. The number of nitrogens with two attached hydrogens (primary N) is 1. The van der Waals surface area contributed by atoms with Gasteiger partial charge in [0, 0.05) is 12.1 Å². The minimum absolute atomic E-state index is 0.377. The molecule has 1 aromatic carbocycles. The molecule has 1 amide bonds. The average Bonchev–Trinajstić information content (AvgIpc) is 2.32. The molecule has 0 aliphatic rings. The molecule has 18 heavy (non-hydrogen) atoms. The third kappa shape index (κ3) is 3.73. The van der Waals surface area contributed by atoms with Crippen LogP contribution in [0.3, 0.4) is 0 Å². The van der Waals surface area contributed by atoms with E-state index in [-0.39, 0.29) is 0 Å². The standard InChI is InChI=1S/C12H15F3N2O/c1-2-3-4-10(16)12(18)17-11-6-8(14)7(13)5-9(11)15/h5-6,10H,2-4,16H2,1H3,(H,17,18). The van der Waals surface area contributed by atoms with Crippen molar-refractivity contribution < 1.29 is 18.0 Å². The molecule has 1 rings (SSSR count). The molecule has 0 saturated heterocycles. The van der Waals surface area contributed by atoms with E-state index in [9.17, 15) is 18.0 Å². The van der Waals surface area contributed by atoms with Crippen molar-refractivity contribution in [2.45, 2.75) is 32.2 Å². The van der Waals surface area contributed by atoms with E-state index in [4.69, 9.17) is 5.73 Å². The SMILES string of the molecule is CCCCC(N)C(=O)Nc1cc(F)c(F)cc1F. The lowest BCUT2D eigenvalue weighted by Gasteiger charge is -2.12. The number of carbonyl (C=O) groups is 1. The van der Waals surface area contributed by atoms with Crippen LogP contribution in [0.5, 0.6) is 0 Å². The maximum absolute atomic E-state index is 13.2. The molecular formula is C12H15F3N2O. The van der Waals surface area contributed by atoms with Gasteiger partial charge in [0.25, 0.3) is 0 Å². The van der Waals surface area contributed by atoms with Gasteiger partial charge in [0.1, 0.15) is 5.82 Å². The van der Waals surface area contributed by atoms with Crippen LogP contribution in [0.25, 0.3) is 0 Å². The Morgan fingerprint density at radius 1 is 1.28 bits per heavy atom. The summed E-state index contributed by atoms with van der Waals surface area (Å²) in [6.45, 7) is 1.94. The second-order valence-corrected chi connectivity index (χ2v) is 3.98. The van der Waals surface area contributed by atoms with Crippen molar-refractivity contribution in [3.05, 3.63) is 29.6 Å². The summed E-state index contributed by atoms with van der Waals surface area (Å²) in [6, 6.07) is 0.176. The van der Waals surface area contributed by atoms with E-state index < -0.39 is 35.1 Å². The van der Waals surface area contributed by atoms with Crippen LogP contribution in [0.1, 0.15) is 26.2 Å². The lowest BCUT2D eigenvalue weighted by molar-refractivity contribution is -0.117. The highest BCUT2D eigenvalue weighted by Crippen LogP contribution is 2.18. The van der Waals surface area contributed by atoms with E-state index in [0.29, 0.717) is 18.6 Å². The highest BCUT2D eigenvalue weighted by atomic mass is 19.2. The van der Waals surface area contributed by atoms with Crippen molar-refractivity contribution in [3.8, 4) is 0 Å². The minimum atomic E-state index is -1.30. The van der Waals surface area contributed by atoms with Crippen LogP contribution in [-0.4, -0.2) is 11.9 Å². The summed E-state index contributed by atoms with van der Waals surface area (Å²) in [7, 11) is 0. The number of hydrogen-bond acceptors (Lipinski definition) is 2. The number of hydrogen-bond donors (Lipinski definition) is 2. The third-order valence-electron chi connectivity index (χ3n) is 2.47. The molecule has 100 valence electrons. The minimum Gasteiger partial charge on any atom is -0.322 e. The quantitative estimate of drug-likeness (QED) is 0.799. The largest absolute Gasteiger partial charge is 0.322 e. The lowest BCUT2D eigenvalue weighted by Crippen LogP contribution is -2.35. The van der Waals surface area contributed by atoms with Gasteiger partial charge in [0.2, 0.25) is 5.91 Å². The average molecular weight is 260 g/mol. The summed E-state index contributed by atoms with van der Waals surface area (Å²) in [6.07, 6.45) is 2.09. The van der Waals surface area contributed by atoms with Gasteiger partial charge in [-0.25, -0.2) is 13.2 Å². The van der Waals surface area contributed by atoms with Crippen molar-refractivity contribution >= 4 is 11.6 Å². The van der Waals surface area contributed by atoms with E-state index in [1.54, 1.807) is 0 Å². The Kier molecular flexibility index (Phi) is 5.15. The van der Waals surface area contributed by atoms with Gasteiger partial charge in [-0.05, 0) is 6.42 Å². The van der Waals surface area contributed by atoms with Gasteiger partial charge < -0.3 is 11.1 Å². The van der Waals surface area contributed by atoms with Crippen LogP contribution in [-0.2, 0) is 4.79 Å². The lowest BCUT2D eigenvalue weighted by atomic mass is 10.1. The van der Waals surface area contributed by atoms with Crippen LogP contribution in [0, 0.1) is 17.5 Å². The molecule has 0 fully saturated rings. The predicted octanol–water partition coefficient (Wildman–Crippen LogP) is 2.56. The highest BCUT2D eigenvalue weighted by molar-refractivity contribution is 5.94. The summed E-state index contributed by atoms with van der Waals surface area (Å²) in [5.74, 6) is -4.19. The molecule has 0 aliphatic heterocycles. The number of rotatable bonds is 5. The maximum Gasteiger partial charge on any atom is 0.241 e. The summed E-state index contributed by atoms with van der Waals surface area (Å²) >= 11 is 0. The molecule has 0 aliphatic carbocycles. The number of unbranched alkanes of at least 4 members (excludes halogenated alkanes) is 1. The van der Waals surface area contributed by atoms with E-state index in [0.717, 1.165) is 12.8 Å². The molecule has 3 N–H and O–H groups in total. The monoisotopic (exact) mass is 260 g/mol. The molecule has 0 spiro atoms. The number of halogens is 3. The van der Waals surface area contributed by atoms with Crippen LogP contribution in [0.2, 0.25) is 0 Å². The molecule has 3 nitrogen and oxygen atoms in total. The number of nitrogens with one attached hydrogen (secondary N) is 1. The maximum atomic E-state index is 13.2. The molecule has 0 bridgehead atoms. The van der Waals surface area contributed by atoms with E-state index in [2.05, 4.69) is 5.32 Å². The Morgan fingerprint density at radius 3 is 2.50 bits per heavy atom. The summed E-state index contributed by atoms with van der Waals surface area (Å²) in [5.41, 5.74) is 5.16. The first kappa shape index (κ1) is 14.5. The summed E-state index contributed by atoms with van der Waals surface area (Å²) < 4.78 is 38.8. The smallest absolute Gasteiger partial charge is 0.241 e. The zero-order valence-electron chi connectivity index (χ0n) is 9.97. The van der Waals surface area contributed by atoms with Crippen molar-refractivity contribution in [2.24, 2.45) is 5.73 Å². The van der Waals surface area contributed by atoms with Crippen molar-refractivity contribution in [2.75, 3.05) is 5.32 Å². The fourth-order valence-electron chi connectivity index (χ4n) is 1.40. The second kappa shape index (κ2) is 6.39. The zero-order valence-corrected chi connectivity index (χ0v) is 9.97. The van der Waals surface area contributed by atoms with Crippen molar-refractivity contribution in [3.63, 3.8) is 0 Å². The van der Waals surface area contributed by atoms with Gasteiger partial charge in [0.15, 0.2) is 11.6 Å². The summed E-state index contributed by atoms with van der Waals surface area (Å²) in [5, 5.41) is 2.14. The first-order valence-electron chi connectivity index (χ1n) is 5.66. The Labute approximate surface area is 103 Å². The Morgan fingerprint density at radius 2 is 1.89 bits per heavy atom. The van der Waals surface area contributed by atoms with E-state index >= 15 is 0 Å². The molecule has 0 heterocycles. The Hall–Kier alpha value is -1.56. The molecule has 1 atom stereocenters. The van der Waals surface area contributed by atoms with Crippen LogP contribution in [0.15, 0.2) is 12.1 Å². The van der Waals surface area contributed by atoms with Gasteiger partial charge >= 0.3 is 0 Å². The van der Waals surface area contributed by atoms with Crippen molar-refractivity contribution in [1.29, 1.82) is 0 Å². The molecule has 0 radical (unpaired) electrons. The first-order chi connectivity index (χ1) is 8.45. The molecule has 0 saturated carbocycles. The molecule has 1 aromatic rings. The fourth-order valence-corrected chi connectivity index (χ4v) is 1.40. The number of amides is 1. The van der Waals surface area contributed by atoms with Gasteiger partial charge in [-0.2, -0.15) is 0 Å². The van der Waals surface area contributed by atoms with Gasteiger partial charge in [-0.1, -0.05) is 19.8 Å². The Bertz CT molecular complexity index is 438. The van der Waals surface area contributed by atoms with E-state index in [1.807, 2.05) is 6.92 Å².